The van der Waals surface area contributed by atoms with Gasteiger partial charge in [-0.1, -0.05) is 159 Å². The zero-order valence-electron chi connectivity index (χ0n) is 31.0. The first-order valence-corrected chi connectivity index (χ1v) is 21.1. The lowest BCUT2D eigenvalue weighted by molar-refractivity contribution is -0.123. The summed E-state index contributed by atoms with van der Waals surface area (Å²) in [6, 6.07) is -0.878. The third-order valence-corrected chi connectivity index (χ3v) is 9.43. The van der Waals surface area contributed by atoms with E-state index in [0.29, 0.717) is 6.42 Å². The first-order valence-electron chi connectivity index (χ1n) is 19.6. The molecule has 0 saturated heterocycles. The van der Waals surface area contributed by atoms with Gasteiger partial charge < -0.3 is 21.1 Å². The molecule has 0 aliphatic rings. The summed E-state index contributed by atoms with van der Waals surface area (Å²) in [5.41, 5.74) is 5.35. The van der Waals surface area contributed by atoms with Gasteiger partial charge in [0.2, 0.25) is 5.91 Å². The molecule has 0 saturated carbocycles. The zero-order chi connectivity index (χ0) is 35.4. The Morgan fingerprint density at radius 3 is 1.60 bits per heavy atom. The number of aliphatic hydroxyl groups excluding tert-OH is 1. The Bertz CT molecular complexity index is 850. The van der Waals surface area contributed by atoms with Crippen LogP contribution in [0.2, 0.25) is 0 Å². The van der Waals surface area contributed by atoms with Gasteiger partial charge in [-0.2, -0.15) is 0 Å². The van der Waals surface area contributed by atoms with Crippen LogP contribution in [0.25, 0.3) is 0 Å². The molecule has 0 spiro atoms. The lowest BCUT2D eigenvalue weighted by Crippen LogP contribution is -2.45. The van der Waals surface area contributed by atoms with E-state index in [1.165, 1.54) is 109 Å². The minimum absolute atomic E-state index is 0.0724. The minimum atomic E-state index is -4.34. The highest BCUT2D eigenvalue weighted by Crippen LogP contribution is 2.43. The van der Waals surface area contributed by atoms with Crippen LogP contribution in [0.5, 0.6) is 0 Å². The summed E-state index contributed by atoms with van der Waals surface area (Å²) >= 11 is 0. The molecular weight excluding hydrogens is 623 g/mol. The largest absolute Gasteiger partial charge is 0.472 e. The van der Waals surface area contributed by atoms with Crippen LogP contribution < -0.4 is 11.1 Å². The number of allylic oxidation sites excluding steroid dienone is 5. The maximum Gasteiger partial charge on any atom is 0.472 e. The predicted molar refractivity (Wildman–Crippen MR) is 203 cm³/mol. The van der Waals surface area contributed by atoms with E-state index in [4.69, 9.17) is 14.8 Å². The van der Waals surface area contributed by atoms with Crippen LogP contribution >= 0.6 is 7.82 Å². The van der Waals surface area contributed by atoms with E-state index in [2.05, 4.69) is 43.5 Å². The van der Waals surface area contributed by atoms with E-state index >= 15 is 0 Å². The number of hydrogen-bond acceptors (Lipinski definition) is 6. The number of nitrogens with one attached hydrogen (secondary N) is 1. The summed E-state index contributed by atoms with van der Waals surface area (Å²) in [5.74, 6) is -0.210. The van der Waals surface area contributed by atoms with E-state index in [1.807, 2.05) is 6.08 Å². The summed E-state index contributed by atoms with van der Waals surface area (Å²) in [5, 5.41) is 13.6. The number of carbonyl (C=O) groups is 1. The minimum Gasteiger partial charge on any atom is -0.387 e. The number of phosphoric acid groups is 1. The fourth-order valence-electron chi connectivity index (χ4n) is 5.46. The van der Waals surface area contributed by atoms with Crippen LogP contribution in [0.15, 0.2) is 36.5 Å². The predicted octanol–water partition coefficient (Wildman–Crippen LogP) is 10.4. The molecule has 9 heteroatoms. The fourth-order valence-corrected chi connectivity index (χ4v) is 6.22. The van der Waals surface area contributed by atoms with Gasteiger partial charge in [0.1, 0.15) is 0 Å². The van der Waals surface area contributed by atoms with Crippen molar-refractivity contribution >= 4 is 13.7 Å². The molecule has 1 amide bonds. The first-order chi connectivity index (χ1) is 23.4. The first kappa shape index (κ1) is 46.7. The molecule has 0 radical (unpaired) electrons. The topological polar surface area (TPSA) is 131 Å². The summed E-state index contributed by atoms with van der Waals surface area (Å²) in [4.78, 5) is 22.6. The number of amides is 1. The Morgan fingerprint density at radius 2 is 1.10 bits per heavy atom. The molecule has 0 aromatic carbocycles. The Hall–Kier alpha value is -1.28. The van der Waals surface area contributed by atoms with Crippen molar-refractivity contribution < 1.29 is 28.4 Å². The maximum absolute atomic E-state index is 12.7. The number of rotatable bonds is 36. The van der Waals surface area contributed by atoms with Crippen molar-refractivity contribution in [2.45, 2.75) is 187 Å². The SMILES string of the molecule is CCCCCCCCC/C=C/CC/C=C/CC/C=C/C(O)C(COP(=O)(O)OCCN)NC(=O)CCCCCCCCCCCCCC. The standard InChI is InChI=1S/C39H75N2O6P/c1-3-5-7-9-11-13-15-17-18-19-20-21-22-24-26-28-30-32-38(42)37(36-47-48(44,45)46-35-34-40)41-39(43)33-31-29-27-25-23-16-14-12-10-8-6-4-2/h18-19,22,24,30,32,37-38,42H,3-17,20-21,23,25-29,31,33-36,40H2,1-2H3,(H,41,43)(H,44,45)/b19-18+,24-22+,32-30+. The highest BCUT2D eigenvalue weighted by atomic mass is 31.2. The zero-order valence-corrected chi connectivity index (χ0v) is 31.9. The van der Waals surface area contributed by atoms with Gasteiger partial charge in [-0.3, -0.25) is 13.8 Å². The van der Waals surface area contributed by atoms with Crippen molar-refractivity contribution in [3.63, 3.8) is 0 Å². The molecule has 282 valence electrons. The second-order valence-corrected chi connectivity index (χ2v) is 14.6. The van der Waals surface area contributed by atoms with Crippen molar-refractivity contribution in [3.8, 4) is 0 Å². The van der Waals surface area contributed by atoms with Gasteiger partial charge in [0, 0.05) is 13.0 Å². The van der Waals surface area contributed by atoms with Gasteiger partial charge in [-0.25, -0.2) is 4.57 Å². The molecule has 0 aliphatic carbocycles. The Balaban J connectivity index is 4.38. The number of hydrogen-bond donors (Lipinski definition) is 4. The van der Waals surface area contributed by atoms with E-state index in [9.17, 15) is 19.4 Å². The van der Waals surface area contributed by atoms with Crippen LogP contribution in [-0.2, 0) is 18.4 Å². The average Bonchev–Trinajstić information content (AvgIpc) is 3.07. The van der Waals surface area contributed by atoms with E-state index in [1.54, 1.807) is 6.08 Å². The van der Waals surface area contributed by atoms with Crippen LogP contribution in [0.1, 0.15) is 174 Å². The average molecular weight is 699 g/mol. The lowest BCUT2D eigenvalue weighted by atomic mass is 10.0. The van der Waals surface area contributed by atoms with Gasteiger partial charge in [-0.05, 0) is 44.9 Å². The van der Waals surface area contributed by atoms with E-state index in [-0.39, 0.29) is 25.7 Å². The third kappa shape index (κ3) is 33.2. The fraction of sp³-hybridized carbons (Fsp3) is 0.821. The van der Waals surface area contributed by atoms with Crippen molar-refractivity contribution in [2.75, 3.05) is 19.8 Å². The second kappa shape index (κ2) is 35.5. The van der Waals surface area contributed by atoms with Gasteiger partial charge in [0.25, 0.3) is 0 Å². The lowest BCUT2D eigenvalue weighted by Gasteiger charge is -2.23. The number of aliphatic hydroxyl groups is 1. The van der Waals surface area contributed by atoms with E-state index in [0.717, 1.165) is 44.9 Å². The molecule has 0 heterocycles. The third-order valence-electron chi connectivity index (χ3n) is 8.45. The molecule has 48 heavy (non-hydrogen) atoms. The van der Waals surface area contributed by atoms with Gasteiger partial charge in [0.15, 0.2) is 0 Å². The van der Waals surface area contributed by atoms with Crippen molar-refractivity contribution in [1.82, 2.24) is 5.32 Å². The highest BCUT2D eigenvalue weighted by molar-refractivity contribution is 7.47. The highest BCUT2D eigenvalue weighted by Gasteiger charge is 2.26. The maximum atomic E-state index is 12.7. The molecule has 0 aliphatic heterocycles. The van der Waals surface area contributed by atoms with Gasteiger partial charge >= 0.3 is 7.82 Å². The molecule has 0 bridgehead atoms. The smallest absolute Gasteiger partial charge is 0.387 e. The number of nitrogens with two attached hydrogens (primary N) is 1. The molecule has 8 nitrogen and oxygen atoms in total. The quantitative estimate of drug-likeness (QED) is 0.0291. The van der Waals surface area contributed by atoms with Crippen LogP contribution in [0.4, 0.5) is 0 Å². The summed E-state index contributed by atoms with van der Waals surface area (Å²) in [7, 11) is -4.34. The van der Waals surface area contributed by atoms with Crippen LogP contribution in [0, 0.1) is 0 Å². The van der Waals surface area contributed by atoms with Crippen molar-refractivity contribution in [3.05, 3.63) is 36.5 Å². The number of phosphoric ester groups is 1. The monoisotopic (exact) mass is 699 g/mol. The van der Waals surface area contributed by atoms with Gasteiger partial charge in [0.05, 0.1) is 25.4 Å². The molecule has 3 atom stereocenters. The molecule has 0 fully saturated rings. The van der Waals surface area contributed by atoms with E-state index < -0.39 is 20.0 Å². The van der Waals surface area contributed by atoms with Crippen molar-refractivity contribution in [1.29, 1.82) is 0 Å². The number of carbonyl (C=O) groups excluding carboxylic acids is 1. The second-order valence-electron chi connectivity index (χ2n) is 13.1. The Labute approximate surface area is 295 Å². The van der Waals surface area contributed by atoms with Crippen LogP contribution in [-0.4, -0.2) is 47.8 Å². The van der Waals surface area contributed by atoms with Crippen LogP contribution in [0.3, 0.4) is 0 Å². The molecule has 5 N–H and O–H groups in total. The summed E-state index contributed by atoms with van der Waals surface area (Å²) in [6.07, 6.45) is 40.5. The number of unbranched alkanes of at least 4 members (excludes halogenated alkanes) is 20. The molecule has 3 unspecified atom stereocenters. The summed E-state index contributed by atoms with van der Waals surface area (Å²) in [6.45, 7) is 4.08. The van der Waals surface area contributed by atoms with Gasteiger partial charge in [-0.15, -0.1) is 0 Å². The molecule has 0 aromatic rings. The molecular formula is C39H75N2O6P. The molecule has 0 rings (SSSR count). The normalized spacial score (nSPS) is 14.7. The molecule has 0 aromatic heterocycles. The summed E-state index contributed by atoms with van der Waals surface area (Å²) < 4.78 is 22.0. The van der Waals surface area contributed by atoms with Crippen molar-refractivity contribution in [2.24, 2.45) is 5.73 Å². The Kier molecular flexibility index (Phi) is 34.6. The Morgan fingerprint density at radius 1 is 0.667 bits per heavy atom.